The Morgan fingerprint density at radius 2 is 1.95 bits per heavy atom. The standard InChI is InChI=1S/C11H14N2O.C2HF3O2/c14-11-6-2-1-3-8-13(11)10-5-4-7-12-9-10;3-2(4,5)1(6)7/h4-5,7,9H,1-3,6,8H2;(H,6,7). The molecule has 0 saturated carbocycles. The Bertz CT molecular complexity index is 477. The van der Waals surface area contributed by atoms with Crippen molar-refractivity contribution in [3.8, 4) is 0 Å². The van der Waals surface area contributed by atoms with Crippen LogP contribution in [0.4, 0.5) is 18.9 Å². The van der Waals surface area contributed by atoms with Gasteiger partial charge < -0.3 is 10.0 Å². The van der Waals surface area contributed by atoms with Crippen LogP contribution in [-0.4, -0.2) is 34.7 Å². The Hall–Kier alpha value is -2.12. The molecule has 1 fully saturated rings. The van der Waals surface area contributed by atoms with Gasteiger partial charge in [0, 0.05) is 19.2 Å². The number of rotatable bonds is 1. The van der Waals surface area contributed by atoms with Gasteiger partial charge in [0.15, 0.2) is 0 Å². The minimum atomic E-state index is -5.08. The molecule has 116 valence electrons. The molecule has 1 aliphatic heterocycles. The van der Waals surface area contributed by atoms with Gasteiger partial charge in [-0.2, -0.15) is 13.2 Å². The molecule has 1 aliphatic rings. The van der Waals surface area contributed by atoms with Gasteiger partial charge >= 0.3 is 12.1 Å². The molecule has 0 spiro atoms. The number of carboxylic acids is 1. The molecule has 2 rings (SSSR count). The molecule has 21 heavy (non-hydrogen) atoms. The number of hydrogen-bond acceptors (Lipinski definition) is 3. The summed E-state index contributed by atoms with van der Waals surface area (Å²) in [6.07, 6.45) is 2.35. The SMILES string of the molecule is O=C(O)C(F)(F)F.O=C1CCCCCN1c1cccnc1. The smallest absolute Gasteiger partial charge is 0.475 e. The van der Waals surface area contributed by atoms with Crippen molar-refractivity contribution in [2.24, 2.45) is 0 Å². The second-order valence-corrected chi connectivity index (χ2v) is 4.37. The first-order chi connectivity index (χ1) is 9.82. The van der Waals surface area contributed by atoms with Crippen molar-refractivity contribution in [3.63, 3.8) is 0 Å². The lowest BCUT2D eigenvalue weighted by Crippen LogP contribution is -2.29. The molecular weight excluding hydrogens is 289 g/mol. The van der Waals surface area contributed by atoms with Gasteiger partial charge in [0.25, 0.3) is 0 Å². The van der Waals surface area contributed by atoms with E-state index in [4.69, 9.17) is 9.90 Å². The van der Waals surface area contributed by atoms with E-state index in [1.807, 2.05) is 17.0 Å². The Labute approximate surface area is 119 Å². The first-order valence-corrected chi connectivity index (χ1v) is 6.33. The van der Waals surface area contributed by atoms with E-state index in [0.29, 0.717) is 6.42 Å². The molecule has 2 heterocycles. The molecule has 1 aromatic rings. The monoisotopic (exact) mass is 304 g/mol. The summed E-state index contributed by atoms with van der Waals surface area (Å²) in [5, 5.41) is 7.12. The first-order valence-electron chi connectivity index (χ1n) is 6.33. The molecule has 1 saturated heterocycles. The quantitative estimate of drug-likeness (QED) is 0.866. The van der Waals surface area contributed by atoms with Gasteiger partial charge in [0.2, 0.25) is 5.91 Å². The van der Waals surface area contributed by atoms with Crippen LogP contribution >= 0.6 is 0 Å². The molecule has 5 nitrogen and oxygen atoms in total. The fraction of sp³-hybridized carbons (Fsp3) is 0.462. The number of halogens is 3. The van der Waals surface area contributed by atoms with Crippen molar-refractivity contribution < 1.29 is 27.9 Å². The Balaban J connectivity index is 0.000000270. The number of carbonyl (C=O) groups is 2. The van der Waals surface area contributed by atoms with Crippen molar-refractivity contribution in [2.45, 2.75) is 31.9 Å². The first kappa shape index (κ1) is 16.9. The zero-order chi connectivity index (χ0) is 15.9. The molecule has 1 amide bonds. The fourth-order valence-electron chi connectivity index (χ4n) is 1.77. The molecule has 0 aromatic carbocycles. The lowest BCUT2D eigenvalue weighted by Gasteiger charge is -2.19. The van der Waals surface area contributed by atoms with E-state index in [9.17, 15) is 18.0 Å². The zero-order valence-corrected chi connectivity index (χ0v) is 11.1. The summed E-state index contributed by atoms with van der Waals surface area (Å²) in [6, 6.07) is 3.81. The third-order valence-corrected chi connectivity index (χ3v) is 2.77. The molecular formula is C13H15F3N2O3. The third-order valence-electron chi connectivity index (χ3n) is 2.77. The number of carbonyl (C=O) groups excluding carboxylic acids is 1. The minimum absolute atomic E-state index is 0.232. The zero-order valence-electron chi connectivity index (χ0n) is 11.1. The maximum absolute atomic E-state index is 11.7. The second kappa shape index (κ2) is 7.61. The highest BCUT2D eigenvalue weighted by Gasteiger charge is 2.38. The number of carboxylic acid groups (broad SMARTS) is 1. The average Bonchev–Trinajstić information content (AvgIpc) is 2.64. The number of amides is 1. The van der Waals surface area contributed by atoms with E-state index in [2.05, 4.69) is 4.98 Å². The predicted molar refractivity (Wildman–Crippen MR) is 68.7 cm³/mol. The molecule has 0 bridgehead atoms. The highest BCUT2D eigenvalue weighted by atomic mass is 19.4. The van der Waals surface area contributed by atoms with Gasteiger partial charge in [0.1, 0.15) is 0 Å². The summed E-state index contributed by atoms with van der Waals surface area (Å²) in [5.74, 6) is -2.52. The number of pyridine rings is 1. The Kier molecular flexibility index (Phi) is 6.13. The van der Waals surface area contributed by atoms with Crippen LogP contribution in [0.15, 0.2) is 24.5 Å². The van der Waals surface area contributed by atoms with Crippen LogP contribution < -0.4 is 4.90 Å². The van der Waals surface area contributed by atoms with Gasteiger partial charge in [0.05, 0.1) is 11.9 Å². The van der Waals surface area contributed by atoms with Crippen molar-refractivity contribution in [3.05, 3.63) is 24.5 Å². The fourth-order valence-corrected chi connectivity index (χ4v) is 1.77. The van der Waals surface area contributed by atoms with Crippen LogP contribution in [0.2, 0.25) is 0 Å². The topological polar surface area (TPSA) is 70.5 Å². The van der Waals surface area contributed by atoms with Crippen LogP contribution in [0.3, 0.4) is 0 Å². The lowest BCUT2D eigenvalue weighted by atomic mass is 10.2. The lowest BCUT2D eigenvalue weighted by molar-refractivity contribution is -0.192. The molecule has 0 radical (unpaired) electrons. The molecule has 8 heteroatoms. The normalized spacial score (nSPS) is 15.8. The summed E-state index contributed by atoms with van der Waals surface area (Å²) in [5.41, 5.74) is 0.930. The van der Waals surface area contributed by atoms with Gasteiger partial charge in [-0.15, -0.1) is 0 Å². The summed E-state index contributed by atoms with van der Waals surface area (Å²) >= 11 is 0. The van der Waals surface area contributed by atoms with E-state index in [1.165, 1.54) is 0 Å². The van der Waals surface area contributed by atoms with Crippen molar-refractivity contribution in [2.75, 3.05) is 11.4 Å². The molecule has 1 N–H and O–H groups in total. The van der Waals surface area contributed by atoms with E-state index in [1.54, 1.807) is 12.4 Å². The average molecular weight is 304 g/mol. The predicted octanol–water partition coefficient (Wildman–Crippen LogP) is 2.62. The number of hydrogen-bond donors (Lipinski definition) is 1. The van der Waals surface area contributed by atoms with Crippen molar-refractivity contribution >= 4 is 17.6 Å². The van der Waals surface area contributed by atoms with E-state index < -0.39 is 12.1 Å². The molecule has 0 atom stereocenters. The number of anilines is 1. The summed E-state index contributed by atoms with van der Waals surface area (Å²) in [4.78, 5) is 26.5. The largest absolute Gasteiger partial charge is 0.490 e. The number of aliphatic carboxylic acids is 1. The van der Waals surface area contributed by atoms with Gasteiger partial charge in [-0.25, -0.2) is 4.79 Å². The van der Waals surface area contributed by atoms with Gasteiger partial charge in [-0.1, -0.05) is 6.42 Å². The summed E-state index contributed by atoms with van der Waals surface area (Å²) in [7, 11) is 0. The number of nitrogens with zero attached hydrogens (tertiary/aromatic N) is 2. The van der Waals surface area contributed by atoms with Crippen LogP contribution in [0, 0.1) is 0 Å². The van der Waals surface area contributed by atoms with E-state index >= 15 is 0 Å². The molecule has 0 aliphatic carbocycles. The number of aromatic nitrogens is 1. The Morgan fingerprint density at radius 1 is 1.29 bits per heavy atom. The van der Waals surface area contributed by atoms with Crippen LogP contribution in [0.25, 0.3) is 0 Å². The maximum atomic E-state index is 11.7. The summed E-state index contributed by atoms with van der Waals surface area (Å²) < 4.78 is 31.7. The van der Waals surface area contributed by atoms with Crippen molar-refractivity contribution in [1.29, 1.82) is 0 Å². The summed E-state index contributed by atoms with van der Waals surface area (Å²) in [6.45, 7) is 0.838. The number of alkyl halides is 3. The van der Waals surface area contributed by atoms with Crippen LogP contribution in [0.5, 0.6) is 0 Å². The van der Waals surface area contributed by atoms with Crippen molar-refractivity contribution in [1.82, 2.24) is 4.98 Å². The second-order valence-electron chi connectivity index (χ2n) is 4.37. The molecule has 1 aromatic heterocycles. The maximum Gasteiger partial charge on any atom is 0.490 e. The molecule has 0 unspecified atom stereocenters. The third kappa shape index (κ3) is 5.80. The highest BCUT2D eigenvalue weighted by molar-refractivity contribution is 5.93. The highest BCUT2D eigenvalue weighted by Crippen LogP contribution is 2.18. The van der Waals surface area contributed by atoms with E-state index in [-0.39, 0.29) is 5.91 Å². The Morgan fingerprint density at radius 3 is 2.48 bits per heavy atom. The van der Waals surface area contributed by atoms with Gasteiger partial charge in [-0.05, 0) is 25.0 Å². The van der Waals surface area contributed by atoms with Crippen LogP contribution in [0.1, 0.15) is 25.7 Å². The van der Waals surface area contributed by atoms with Crippen LogP contribution in [-0.2, 0) is 9.59 Å². The minimum Gasteiger partial charge on any atom is -0.475 e. The van der Waals surface area contributed by atoms with Gasteiger partial charge in [-0.3, -0.25) is 9.78 Å². The van der Waals surface area contributed by atoms with E-state index in [0.717, 1.165) is 31.5 Å².